The quantitative estimate of drug-likeness (QED) is 0.729. The van der Waals surface area contributed by atoms with E-state index in [2.05, 4.69) is 4.98 Å². The minimum absolute atomic E-state index is 0.465. The predicted octanol–water partition coefficient (Wildman–Crippen LogP) is 2.55. The third-order valence-electron chi connectivity index (χ3n) is 2.15. The Hall–Kier alpha value is -1.61. The molecular formula is C11H9ClN2O. The molecule has 15 heavy (non-hydrogen) atoms. The number of carbonyl (C=O) groups excluding carboxylic acids is 1. The molecule has 1 aromatic heterocycles. The first-order chi connectivity index (χ1) is 7.20. The number of halogens is 1. The topological polar surface area (TPSA) is 34.9 Å². The van der Waals surface area contributed by atoms with Crippen molar-refractivity contribution in [3.8, 4) is 11.4 Å². The molecule has 4 heteroatoms. The van der Waals surface area contributed by atoms with Crippen molar-refractivity contribution >= 4 is 17.9 Å². The van der Waals surface area contributed by atoms with E-state index in [-0.39, 0.29) is 0 Å². The molecule has 0 radical (unpaired) electrons. The molecule has 0 aliphatic carbocycles. The summed E-state index contributed by atoms with van der Waals surface area (Å²) in [6.07, 6.45) is 2.56. The van der Waals surface area contributed by atoms with Crippen LogP contribution in [0.1, 0.15) is 10.4 Å². The van der Waals surface area contributed by atoms with E-state index in [0.29, 0.717) is 10.7 Å². The molecule has 0 N–H and O–H groups in total. The second kappa shape index (κ2) is 3.87. The zero-order chi connectivity index (χ0) is 10.8. The molecule has 0 saturated carbocycles. The molecule has 2 aromatic rings. The van der Waals surface area contributed by atoms with Gasteiger partial charge in [-0.2, -0.15) is 0 Å². The highest BCUT2D eigenvalue weighted by molar-refractivity contribution is 6.29. The van der Waals surface area contributed by atoms with Crippen molar-refractivity contribution in [2.24, 2.45) is 7.05 Å². The molecule has 0 aliphatic rings. The third kappa shape index (κ3) is 1.92. The molecular weight excluding hydrogens is 212 g/mol. The largest absolute Gasteiger partial charge is 0.332 e. The van der Waals surface area contributed by atoms with Gasteiger partial charge in [-0.1, -0.05) is 35.9 Å². The van der Waals surface area contributed by atoms with E-state index >= 15 is 0 Å². The highest BCUT2D eigenvalue weighted by atomic mass is 35.5. The lowest BCUT2D eigenvalue weighted by molar-refractivity contribution is 0.112. The summed E-state index contributed by atoms with van der Waals surface area (Å²) >= 11 is 5.79. The van der Waals surface area contributed by atoms with Gasteiger partial charge in [-0.15, -0.1) is 0 Å². The Kier molecular flexibility index (Phi) is 2.56. The van der Waals surface area contributed by atoms with E-state index in [4.69, 9.17) is 11.6 Å². The van der Waals surface area contributed by atoms with Gasteiger partial charge in [-0.3, -0.25) is 4.79 Å². The zero-order valence-corrected chi connectivity index (χ0v) is 8.90. The van der Waals surface area contributed by atoms with Crippen LogP contribution in [0.25, 0.3) is 11.4 Å². The summed E-state index contributed by atoms with van der Waals surface area (Å²) in [5, 5.41) is 0.465. The average molecular weight is 221 g/mol. The molecule has 0 saturated heterocycles. The van der Waals surface area contributed by atoms with Crippen molar-refractivity contribution in [3.05, 3.63) is 41.2 Å². The van der Waals surface area contributed by atoms with Crippen LogP contribution in [0.3, 0.4) is 0 Å². The molecule has 0 atom stereocenters. The SMILES string of the molecule is Cn1cc(Cl)nc1-c1ccc(C=O)cc1. The summed E-state index contributed by atoms with van der Waals surface area (Å²) in [4.78, 5) is 14.7. The number of hydrogen-bond acceptors (Lipinski definition) is 2. The standard InChI is InChI=1S/C11H9ClN2O/c1-14-6-10(12)13-11(14)9-4-2-8(7-15)3-5-9/h2-7H,1H3. The minimum Gasteiger partial charge on any atom is -0.332 e. The number of carbonyl (C=O) groups is 1. The van der Waals surface area contributed by atoms with Crippen LogP contribution in [0.5, 0.6) is 0 Å². The number of aryl methyl sites for hydroxylation is 1. The van der Waals surface area contributed by atoms with Crippen molar-refractivity contribution in [2.75, 3.05) is 0 Å². The lowest BCUT2D eigenvalue weighted by Crippen LogP contribution is -1.91. The lowest BCUT2D eigenvalue weighted by atomic mass is 10.1. The van der Waals surface area contributed by atoms with Crippen LogP contribution in [0.15, 0.2) is 30.5 Å². The van der Waals surface area contributed by atoms with Gasteiger partial charge in [0.15, 0.2) is 0 Å². The maximum atomic E-state index is 10.5. The van der Waals surface area contributed by atoms with Crippen LogP contribution >= 0.6 is 11.6 Å². The summed E-state index contributed by atoms with van der Waals surface area (Å²) < 4.78 is 1.85. The Morgan fingerprint density at radius 2 is 2.00 bits per heavy atom. The van der Waals surface area contributed by atoms with Crippen LogP contribution in [0.2, 0.25) is 5.15 Å². The van der Waals surface area contributed by atoms with Crippen LogP contribution in [0, 0.1) is 0 Å². The van der Waals surface area contributed by atoms with Gasteiger partial charge in [0, 0.05) is 24.4 Å². The van der Waals surface area contributed by atoms with E-state index < -0.39 is 0 Å². The van der Waals surface area contributed by atoms with Gasteiger partial charge < -0.3 is 4.57 Å². The Balaban J connectivity index is 2.45. The molecule has 3 nitrogen and oxygen atoms in total. The Bertz CT molecular complexity index is 488. The van der Waals surface area contributed by atoms with Gasteiger partial charge in [0.2, 0.25) is 0 Å². The summed E-state index contributed by atoms with van der Waals surface area (Å²) in [7, 11) is 1.88. The molecule has 1 heterocycles. The van der Waals surface area contributed by atoms with E-state index in [1.165, 1.54) is 0 Å². The van der Waals surface area contributed by atoms with Gasteiger partial charge in [0.25, 0.3) is 0 Å². The van der Waals surface area contributed by atoms with Gasteiger partial charge in [0.05, 0.1) is 0 Å². The van der Waals surface area contributed by atoms with Crippen molar-refractivity contribution < 1.29 is 4.79 Å². The van der Waals surface area contributed by atoms with E-state index in [9.17, 15) is 4.79 Å². The lowest BCUT2D eigenvalue weighted by Gasteiger charge is -2.00. The average Bonchev–Trinajstić information content (AvgIpc) is 2.58. The van der Waals surface area contributed by atoms with Gasteiger partial charge >= 0.3 is 0 Å². The van der Waals surface area contributed by atoms with Crippen LogP contribution in [-0.2, 0) is 7.05 Å². The minimum atomic E-state index is 0.465. The zero-order valence-electron chi connectivity index (χ0n) is 8.14. The number of benzene rings is 1. The second-order valence-corrected chi connectivity index (χ2v) is 3.63. The number of imidazole rings is 1. The monoisotopic (exact) mass is 220 g/mol. The van der Waals surface area contributed by atoms with Gasteiger partial charge in [0.1, 0.15) is 17.3 Å². The van der Waals surface area contributed by atoms with E-state index in [1.807, 2.05) is 23.7 Å². The van der Waals surface area contributed by atoms with Crippen LogP contribution < -0.4 is 0 Å². The normalized spacial score (nSPS) is 10.3. The molecule has 0 fully saturated rings. The highest BCUT2D eigenvalue weighted by Crippen LogP contribution is 2.20. The molecule has 0 spiro atoms. The van der Waals surface area contributed by atoms with E-state index in [0.717, 1.165) is 17.7 Å². The maximum absolute atomic E-state index is 10.5. The maximum Gasteiger partial charge on any atom is 0.150 e. The van der Waals surface area contributed by atoms with Crippen molar-refractivity contribution in [1.29, 1.82) is 0 Å². The summed E-state index contributed by atoms with van der Waals surface area (Å²) in [6.45, 7) is 0. The number of aromatic nitrogens is 2. The molecule has 0 amide bonds. The fourth-order valence-corrected chi connectivity index (χ4v) is 1.64. The summed E-state index contributed by atoms with van der Waals surface area (Å²) in [6, 6.07) is 7.21. The fourth-order valence-electron chi connectivity index (χ4n) is 1.41. The van der Waals surface area contributed by atoms with Gasteiger partial charge in [-0.25, -0.2) is 4.98 Å². The number of hydrogen-bond donors (Lipinski definition) is 0. The number of rotatable bonds is 2. The van der Waals surface area contributed by atoms with Crippen molar-refractivity contribution in [1.82, 2.24) is 9.55 Å². The Morgan fingerprint density at radius 1 is 1.33 bits per heavy atom. The van der Waals surface area contributed by atoms with Crippen LogP contribution in [-0.4, -0.2) is 15.8 Å². The molecule has 76 valence electrons. The molecule has 1 aromatic carbocycles. The highest BCUT2D eigenvalue weighted by Gasteiger charge is 2.05. The first-order valence-electron chi connectivity index (χ1n) is 4.45. The first kappa shape index (κ1) is 9.93. The fraction of sp³-hybridized carbons (Fsp3) is 0.0909. The molecule has 2 rings (SSSR count). The molecule has 0 unspecified atom stereocenters. The molecule has 0 aliphatic heterocycles. The van der Waals surface area contributed by atoms with Crippen LogP contribution in [0.4, 0.5) is 0 Å². The first-order valence-corrected chi connectivity index (χ1v) is 4.83. The van der Waals surface area contributed by atoms with Crippen molar-refractivity contribution in [3.63, 3.8) is 0 Å². The number of nitrogens with zero attached hydrogens (tertiary/aromatic N) is 2. The summed E-state index contributed by atoms with van der Waals surface area (Å²) in [5.74, 6) is 0.789. The Morgan fingerprint density at radius 3 is 2.47 bits per heavy atom. The van der Waals surface area contributed by atoms with Gasteiger partial charge in [-0.05, 0) is 0 Å². The third-order valence-corrected chi connectivity index (χ3v) is 2.33. The van der Waals surface area contributed by atoms with E-state index in [1.54, 1.807) is 18.3 Å². The predicted molar refractivity (Wildman–Crippen MR) is 59.0 cm³/mol. The smallest absolute Gasteiger partial charge is 0.150 e. The molecule has 0 bridgehead atoms. The Labute approximate surface area is 92.3 Å². The summed E-state index contributed by atoms with van der Waals surface area (Å²) in [5.41, 5.74) is 1.59. The number of aldehydes is 1. The second-order valence-electron chi connectivity index (χ2n) is 3.24. The van der Waals surface area contributed by atoms with Crippen molar-refractivity contribution in [2.45, 2.75) is 0 Å².